The van der Waals surface area contributed by atoms with E-state index in [9.17, 15) is 15.0 Å². The third-order valence-electron chi connectivity index (χ3n) is 4.44. The van der Waals surface area contributed by atoms with E-state index in [-0.39, 0.29) is 12.3 Å². The number of hydrogen-bond donors (Lipinski definition) is 3. The van der Waals surface area contributed by atoms with Gasteiger partial charge in [-0.2, -0.15) is 0 Å². The van der Waals surface area contributed by atoms with Gasteiger partial charge in [0.1, 0.15) is 5.75 Å². The number of carbonyl (C=O) groups is 1. The van der Waals surface area contributed by atoms with Gasteiger partial charge in [-0.1, -0.05) is 26.7 Å². The maximum Gasteiger partial charge on any atom is 0.337 e. The van der Waals surface area contributed by atoms with Gasteiger partial charge in [0.2, 0.25) is 0 Å². The summed E-state index contributed by atoms with van der Waals surface area (Å²) >= 11 is 0. The Morgan fingerprint density at radius 1 is 1.50 bits per heavy atom. The molecule has 1 heterocycles. The molecule has 134 valence electrons. The topological polar surface area (TPSA) is 106 Å². The van der Waals surface area contributed by atoms with Crippen LogP contribution in [0.15, 0.2) is 18.3 Å². The number of nitrogens with zero attached hydrogens (tertiary/aromatic N) is 1. The SMILES string of the molecule is CC(C)C[C@H](N)C(O)(Cc1cc(OCCC2CC2)ccn1)C(=O)O. The van der Waals surface area contributed by atoms with Crippen LogP contribution in [-0.4, -0.2) is 39.4 Å². The lowest BCUT2D eigenvalue weighted by Crippen LogP contribution is -2.56. The normalized spacial score (nSPS) is 18.2. The molecule has 0 aliphatic heterocycles. The zero-order valence-corrected chi connectivity index (χ0v) is 14.4. The first-order valence-corrected chi connectivity index (χ1v) is 8.60. The number of nitrogens with two attached hydrogens (primary N) is 1. The predicted octanol–water partition coefficient (Wildman–Crippen LogP) is 1.99. The highest BCUT2D eigenvalue weighted by Gasteiger charge is 2.43. The molecule has 0 radical (unpaired) electrons. The summed E-state index contributed by atoms with van der Waals surface area (Å²) in [5.41, 5.74) is 4.39. The van der Waals surface area contributed by atoms with Gasteiger partial charge in [-0.15, -0.1) is 0 Å². The van der Waals surface area contributed by atoms with Gasteiger partial charge in [-0.25, -0.2) is 4.79 Å². The largest absolute Gasteiger partial charge is 0.493 e. The molecule has 0 saturated heterocycles. The molecule has 2 atom stereocenters. The first kappa shape index (κ1) is 18.7. The van der Waals surface area contributed by atoms with E-state index in [1.807, 2.05) is 13.8 Å². The van der Waals surface area contributed by atoms with Gasteiger partial charge in [0.15, 0.2) is 5.60 Å². The summed E-state index contributed by atoms with van der Waals surface area (Å²) in [5, 5.41) is 20.1. The van der Waals surface area contributed by atoms with Gasteiger partial charge < -0.3 is 20.7 Å². The van der Waals surface area contributed by atoms with Crippen LogP contribution in [0.2, 0.25) is 0 Å². The quantitative estimate of drug-likeness (QED) is 0.603. The summed E-state index contributed by atoms with van der Waals surface area (Å²) in [6.07, 6.45) is 5.44. The van der Waals surface area contributed by atoms with Gasteiger partial charge in [0, 0.05) is 30.4 Å². The molecule has 0 bridgehead atoms. The molecule has 1 saturated carbocycles. The molecule has 1 aromatic heterocycles. The van der Waals surface area contributed by atoms with E-state index in [4.69, 9.17) is 10.5 Å². The van der Waals surface area contributed by atoms with Gasteiger partial charge in [0.25, 0.3) is 0 Å². The molecule has 1 fully saturated rings. The number of aromatic nitrogens is 1. The van der Waals surface area contributed by atoms with Crippen molar-refractivity contribution in [3.63, 3.8) is 0 Å². The second kappa shape index (κ2) is 7.94. The van der Waals surface area contributed by atoms with Crippen LogP contribution in [0, 0.1) is 11.8 Å². The number of hydrogen-bond acceptors (Lipinski definition) is 5. The van der Waals surface area contributed by atoms with Crippen molar-refractivity contribution < 1.29 is 19.7 Å². The Labute approximate surface area is 143 Å². The highest BCUT2D eigenvalue weighted by atomic mass is 16.5. The van der Waals surface area contributed by atoms with E-state index in [0.717, 1.165) is 12.3 Å². The number of aliphatic hydroxyl groups is 1. The number of pyridine rings is 1. The smallest absolute Gasteiger partial charge is 0.337 e. The van der Waals surface area contributed by atoms with Gasteiger partial charge in [-0.05, 0) is 30.7 Å². The average Bonchev–Trinajstić information content (AvgIpc) is 3.31. The average molecular weight is 336 g/mol. The molecule has 2 rings (SSSR count). The number of ether oxygens (including phenoxy) is 1. The first-order chi connectivity index (χ1) is 11.3. The Hall–Kier alpha value is -1.66. The Balaban J connectivity index is 2.03. The zero-order chi connectivity index (χ0) is 17.7. The lowest BCUT2D eigenvalue weighted by molar-refractivity contribution is -0.161. The minimum atomic E-state index is -2.04. The molecular formula is C18H28N2O4. The number of carboxylic acids is 1. The lowest BCUT2D eigenvalue weighted by Gasteiger charge is -2.30. The fourth-order valence-electron chi connectivity index (χ4n) is 2.74. The molecule has 0 aromatic carbocycles. The number of rotatable bonds is 10. The van der Waals surface area contributed by atoms with E-state index in [1.165, 1.54) is 12.8 Å². The van der Waals surface area contributed by atoms with Crippen LogP contribution < -0.4 is 10.5 Å². The Morgan fingerprint density at radius 2 is 2.21 bits per heavy atom. The van der Waals surface area contributed by atoms with Crippen LogP contribution in [0.25, 0.3) is 0 Å². The summed E-state index contributed by atoms with van der Waals surface area (Å²) in [5.74, 6) is 0.302. The zero-order valence-electron chi connectivity index (χ0n) is 14.4. The lowest BCUT2D eigenvalue weighted by atomic mass is 9.84. The molecule has 6 nitrogen and oxygen atoms in total. The van der Waals surface area contributed by atoms with Crippen LogP contribution in [0.4, 0.5) is 0 Å². The standard InChI is InChI=1S/C18H28N2O4/c1-12(2)9-16(19)18(23,17(21)22)11-14-10-15(5-7-20-14)24-8-6-13-3-4-13/h5,7,10,12-13,16,23H,3-4,6,8-9,11,19H2,1-2H3,(H,21,22)/t16-,18?/m0/s1. The van der Waals surface area contributed by atoms with E-state index in [2.05, 4.69) is 4.98 Å². The minimum Gasteiger partial charge on any atom is -0.493 e. The maximum atomic E-state index is 11.6. The first-order valence-electron chi connectivity index (χ1n) is 8.60. The molecule has 0 amide bonds. The fraction of sp³-hybridized carbons (Fsp3) is 0.667. The molecule has 1 aromatic rings. The van der Waals surface area contributed by atoms with Crippen molar-refractivity contribution in [3.8, 4) is 5.75 Å². The van der Waals surface area contributed by atoms with E-state index in [0.29, 0.717) is 24.5 Å². The molecule has 1 unspecified atom stereocenters. The van der Waals surface area contributed by atoms with Crippen molar-refractivity contribution in [2.75, 3.05) is 6.61 Å². The second-order valence-electron chi connectivity index (χ2n) is 7.21. The van der Waals surface area contributed by atoms with Crippen molar-refractivity contribution in [1.82, 2.24) is 4.98 Å². The summed E-state index contributed by atoms with van der Waals surface area (Å²) in [7, 11) is 0. The molecule has 0 spiro atoms. The summed E-state index contributed by atoms with van der Waals surface area (Å²) < 4.78 is 5.70. The van der Waals surface area contributed by atoms with Gasteiger partial charge >= 0.3 is 5.97 Å². The van der Waals surface area contributed by atoms with Crippen LogP contribution >= 0.6 is 0 Å². The minimum absolute atomic E-state index is 0.143. The summed E-state index contributed by atoms with van der Waals surface area (Å²) in [4.78, 5) is 15.8. The molecule has 4 N–H and O–H groups in total. The Kier molecular flexibility index (Phi) is 6.18. The third kappa shape index (κ3) is 5.18. The second-order valence-corrected chi connectivity index (χ2v) is 7.21. The van der Waals surface area contributed by atoms with Crippen LogP contribution in [0.5, 0.6) is 5.75 Å². The molecule has 6 heteroatoms. The highest BCUT2D eigenvalue weighted by molar-refractivity contribution is 5.78. The monoisotopic (exact) mass is 336 g/mol. The van der Waals surface area contributed by atoms with Crippen LogP contribution in [-0.2, 0) is 11.2 Å². The molecule has 1 aliphatic carbocycles. The van der Waals surface area contributed by atoms with Crippen molar-refractivity contribution in [2.45, 2.75) is 57.6 Å². The number of aliphatic carboxylic acids is 1. The van der Waals surface area contributed by atoms with Crippen molar-refractivity contribution in [1.29, 1.82) is 0 Å². The molecule has 24 heavy (non-hydrogen) atoms. The van der Waals surface area contributed by atoms with E-state index >= 15 is 0 Å². The van der Waals surface area contributed by atoms with E-state index < -0.39 is 17.6 Å². The van der Waals surface area contributed by atoms with Gasteiger partial charge in [-0.3, -0.25) is 4.98 Å². The maximum absolute atomic E-state index is 11.6. The van der Waals surface area contributed by atoms with Gasteiger partial charge in [0.05, 0.1) is 6.61 Å². The Morgan fingerprint density at radius 3 is 2.79 bits per heavy atom. The Bertz CT molecular complexity index is 560. The highest BCUT2D eigenvalue weighted by Crippen LogP contribution is 2.32. The van der Waals surface area contributed by atoms with Crippen molar-refractivity contribution in [2.24, 2.45) is 17.6 Å². The third-order valence-corrected chi connectivity index (χ3v) is 4.44. The molecular weight excluding hydrogens is 308 g/mol. The van der Waals surface area contributed by atoms with Crippen molar-refractivity contribution in [3.05, 3.63) is 24.0 Å². The van der Waals surface area contributed by atoms with E-state index in [1.54, 1.807) is 18.3 Å². The summed E-state index contributed by atoms with van der Waals surface area (Å²) in [6, 6.07) is 2.56. The van der Waals surface area contributed by atoms with Crippen LogP contribution in [0.1, 0.15) is 45.2 Å². The number of carboxylic acid groups (broad SMARTS) is 1. The molecule has 1 aliphatic rings. The summed E-state index contributed by atoms with van der Waals surface area (Å²) in [6.45, 7) is 4.52. The van der Waals surface area contributed by atoms with Crippen LogP contribution in [0.3, 0.4) is 0 Å². The predicted molar refractivity (Wildman–Crippen MR) is 90.8 cm³/mol. The van der Waals surface area contributed by atoms with Crippen molar-refractivity contribution >= 4 is 5.97 Å². The fourth-order valence-corrected chi connectivity index (χ4v) is 2.74.